The molecule has 2 aromatic heterocycles. The highest BCUT2D eigenvalue weighted by molar-refractivity contribution is 5.89. The van der Waals surface area contributed by atoms with Crippen LogP contribution in [0.25, 0.3) is 10.9 Å². The summed E-state index contributed by atoms with van der Waals surface area (Å²) in [5.41, 5.74) is 0.437. The Hall–Kier alpha value is -3.07. The standard InChI is InChI=1S/C16H17N5O4/c1-10-18-12-6-4-3-5-11(12)16(23)21(10)9-13-19-15(25-20-13)14(22)17-7-8-24-2/h3-6H,7-9H2,1-2H3,(H,17,22). The lowest BCUT2D eigenvalue weighted by Crippen LogP contribution is -2.27. The summed E-state index contributed by atoms with van der Waals surface area (Å²) in [6, 6.07) is 7.10. The Labute approximate surface area is 142 Å². The number of fused-ring (bicyclic) bond motifs is 1. The third-order valence-electron chi connectivity index (χ3n) is 3.61. The molecule has 0 aliphatic rings. The Bertz CT molecular complexity index is 963. The maximum absolute atomic E-state index is 12.6. The van der Waals surface area contributed by atoms with Crippen molar-refractivity contribution in [3.8, 4) is 0 Å². The maximum Gasteiger partial charge on any atom is 0.316 e. The molecule has 0 aliphatic heterocycles. The second-order valence-electron chi connectivity index (χ2n) is 5.33. The molecule has 2 heterocycles. The number of amides is 1. The lowest BCUT2D eigenvalue weighted by atomic mass is 10.2. The van der Waals surface area contributed by atoms with Gasteiger partial charge in [0.2, 0.25) is 0 Å². The van der Waals surface area contributed by atoms with Crippen LogP contribution in [-0.2, 0) is 11.3 Å². The van der Waals surface area contributed by atoms with Gasteiger partial charge in [-0.25, -0.2) is 4.98 Å². The molecule has 9 heteroatoms. The monoisotopic (exact) mass is 343 g/mol. The van der Waals surface area contributed by atoms with Crippen LogP contribution >= 0.6 is 0 Å². The summed E-state index contributed by atoms with van der Waals surface area (Å²) in [5.74, 6) is 0.0980. The number of methoxy groups -OCH3 is 1. The zero-order chi connectivity index (χ0) is 17.8. The number of carbonyl (C=O) groups is 1. The minimum Gasteiger partial charge on any atom is -0.383 e. The molecule has 25 heavy (non-hydrogen) atoms. The summed E-state index contributed by atoms with van der Waals surface area (Å²) in [6.45, 7) is 2.51. The van der Waals surface area contributed by atoms with Crippen molar-refractivity contribution in [1.82, 2.24) is 25.0 Å². The number of hydrogen-bond donors (Lipinski definition) is 1. The number of aromatic nitrogens is 4. The fourth-order valence-corrected chi connectivity index (χ4v) is 2.36. The quantitative estimate of drug-likeness (QED) is 0.649. The number of benzene rings is 1. The normalized spacial score (nSPS) is 11.0. The van der Waals surface area contributed by atoms with Gasteiger partial charge in [-0.3, -0.25) is 14.2 Å². The highest BCUT2D eigenvalue weighted by atomic mass is 16.5. The van der Waals surface area contributed by atoms with Crippen LogP contribution in [0.4, 0.5) is 0 Å². The Morgan fingerprint density at radius 2 is 2.12 bits per heavy atom. The van der Waals surface area contributed by atoms with E-state index in [2.05, 4.69) is 20.4 Å². The predicted molar refractivity (Wildman–Crippen MR) is 88.3 cm³/mol. The first-order chi connectivity index (χ1) is 12.1. The number of carbonyl (C=O) groups excluding carboxylic acids is 1. The Morgan fingerprint density at radius 3 is 2.92 bits per heavy atom. The fraction of sp³-hybridized carbons (Fsp3) is 0.312. The Kier molecular flexibility index (Phi) is 4.85. The van der Waals surface area contributed by atoms with Gasteiger partial charge in [-0.2, -0.15) is 4.98 Å². The van der Waals surface area contributed by atoms with Crippen molar-refractivity contribution in [2.75, 3.05) is 20.3 Å². The summed E-state index contributed by atoms with van der Waals surface area (Å²) in [4.78, 5) is 32.9. The summed E-state index contributed by atoms with van der Waals surface area (Å²) in [7, 11) is 1.54. The molecule has 0 spiro atoms. The van der Waals surface area contributed by atoms with Gasteiger partial charge in [0, 0.05) is 13.7 Å². The number of para-hydroxylation sites is 1. The van der Waals surface area contributed by atoms with E-state index in [-0.39, 0.29) is 23.8 Å². The largest absolute Gasteiger partial charge is 0.383 e. The van der Waals surface area contributed by atoms with Crippen molar-refractivity contribution in [2.45, 2.75) is 13.5 Å². The van der Waals surface area contributed by atoms with Gasteiger partial charge in [0.05, 0.1) is 24.1 Å². The summed E-state index contributed by atoms with van der Waals surface area (Å²) >= 11 is 0. The molecule has 1 amide bonds. The predicted octanol–water partition coefficient (Wildman–Crippen LogP) is 0.512. The zero-order valence-corrected chi connectivity index (χ0v) is 13.9. The number of aryl methyl sites for hydroxylation is 1. The van der Waals surface area contributed by atoms with Crippen molar-refractivity contribution in [3.05, 3.63) is 52.2 Å². The van der Waals surface area contributed by atoms with E-state index in [0.29, 0.717) is 29.9 Å². The molecule has 130 valence electrons. The van der Waals surface area contributed by atoms with E-state index in [9.17, 15) is 9.59 Å². The van der Waals surface area contributed by atoms with E-state index in [0.717, 1.165) is 0 Å². The molecule has 0 saturated heterocycles. The van der Waals surface area contributed by atoms with Crippen LogP contribution in [0.15, 0.2) is 33.6 Å². The first-order valence-electron chi connectivity index (χ1n) is 7.66. The second-order valence-corrected chi connectivity index (χ2v) is 5.33. The van der Waals surface area contributed by atoms with Crippen molar-refractivity contribution in [1.29, 1.82) is 0 Å². The molecule has 0 saturated carbocycles. The van der Waals surface area contributed by atoms with Crippen LogP contribution in [0, 0.1) is 6.92 Å². The van der Waals surface area contributed by atoms with Crippen LogP contribution in [0.5, 0.6) is 0 Å². The highest BCUT2D eigenvalue weighted by Crippen LogP contribution is 2.08. The molecular weight excluding hydrogens is 326 g/mol. The molecule has 9 nitrogen and oxygen atoms in total. The van der Waals surface area contributed by atoms with Crippen molar-refractivity contribution in [3.63, 3.8) is 0 Å². The van der Waals surface area contributed by atoms with Crippen LogP contribution in [0.3, 0.4) is 0 Å². The van der Waals surface area contributed by atoms with Crippen molar-refractivity contribution >= 4 is 16.8 Å². The van der Waals surface area contributed by atoms with Crippen molar-refractivity contribution < 1.29 is 14.1 Å². The molecule has 1 N–H and O–H groups in total. The van der Waals surface area contributed by atoms with E-state index in [1.807, 2.05) is 6.07 Å². The van der Waals surface area contributed by atoms with Crippen molar-refractivity contribution in [2.24, 2.45) is 0 Å². The van der Waals surface area contributed by atoms with Gasteiger partial charge in [-0.15, -0.1) is 0 Å². The van der Waals surface area contributed by atoms with Gasteiger partial charge in [0.15, 0.2) is 5.82 Å². The molecule has 1 aromatic carbocycles. The third-order valence-corrected chi connectivity index (χ3v) is 3.61. The second kappa shape index (κ2) is 7.22. The average Bonchev–Trinajstić information content (AvgIpc) is 3.07. The van der Waals surface area contributed by atoms with E-state index in [1.165, 1.54) is 11.7 Å². The number of hydrogen-bond acceptors (Lipinski definition) is 7. The van der Waals surface area contributed by atoms with Gasteiger partial charge in [-0.05, 0) is 19.1 Å². The number of ether oxygens (including phenoxy) is 1. The summed E-state index contributed by atoms with van der Waals surface area (Å²) in [5, 5.41) is 6.85. The van der Waals surface area contributed by atoms with Crippen LogP contribution < -0.4 is 10.9 Å². The van der Waals surface area contributed by atoms with Gasteiger partial charge in [-0.1, -0.05) is 17.3 Å². The molecule has 3 rings (SSSR count). The molecule has 0 atom stereocenters. The topological polar surface area (TPSA) is 112 Å². The number of nitrogens with one attached hydrogen (secondary N) is 1. The van der Waals surface area contributed by atoms with Crippen LogP contribution in [0.2, 0.25) is 0 Å². The number of rotatable bonds is 6. The fourth-order valence-electron chi connectivity index (χ4n) is 2.36. The summed E-state index contributed by atoms with van der Waals surface area (Å²) < 4.78 is 11.2. The Balaban J connectivity index is 1.83. The molecule has 0 radical (unpaired) electrons. The molecular formula is C16H17N5O4. The lowest BCUT2D eigenvalue weighted by Gasteiger charge is -2.08. The van der Waals surface area contributed by atoms with E-state index in [4.69, 9.17) is 9.26 Å². The highest BCUT2D eigenvalue weighted by Gasteiger charge is 2.16. The molecule has 0 unspecified atom stereocenters. The maximum atomic E-state index is 12.6. The molecule has 0 fully saturated rings. The third kappa shape index (κ3) is 3.56. The average molecular weight is 343 g/mol. The van der Waals surface area contributed by atoms with E-state index < -0.39 is 5.91 Å². The van der Waals surface area contributed by atoms with E-state index >= 15 is 0 Å². The smallest absolute Gasteiger partial charge is 0.316 e. The van der Waals surface area contributed by atoms with Crippen LogP contribution in [-0.4, -0.2) is 45.9 Å². The van der Waals surface area contributed by atoms with Gasteiger partial charge >= 0.3 is 11.8 Å². The minimum atomic E-state index is -0.489. The first-order valence-corrected chi connectivity index (χ1v) is 7.66. The Morgan fingerprint density at radius 1 is 1.32 bits per heavy atom. The lowest BCUT2D eigenvalue weighted by molar-refractivity contribution is 0.0893. The SMILES string of the molecule is COCCNC(=O)c1nc(Cn2c(C)nc3ccccc3c2=O)no1. The van der Waals surface area contributed by atoms with Gasteiger partial charge < -0.3 is 14.6 Å². The zero-order valence-electron chi connectivity index (χ0n) is 13.9. The molecule has 0 aliphatic carbocycles. The first kappa shape index (κ1) is 16.8. The van der Waals surface area contributed by atoms with Crippen LogP contribution in [0.1, 0.15) is 22.3 Å². The van der Waals surface area contributed by atoms with Gasteiger partial charge in [0.25, 0.3) is 5.56 Å². The summed E-state index contributed by atoms with van der Waals surface area (Å²) in [6.07, 6.45) is 0. The van der Waals surface area contributed by atoms with E-state index in [1.54, 1.807) is 25.1 Å². The number of nitrogens with zero attached hydrogens (tertiary/aromatic N) is 4. The van der Waals surface area contributed by atoms with Gasteiger partial charge in [0.1, 0.15) is 5.82 Å². The minimum absolute atomic E-state index is 0.0668. The molecule has 3 aromatic rings. The molecule has 0 bridgehead atoms.